The number of Topliss-reactive ketones (excluding diaryl/α,β-unsaturated/α-hetero) is 1. The van der Waals surface area contributed by atoms with Crippen molar-refractivity contribution in [3.63, 3.8) is 0 Å². The first-order valence-corrected chi connectivity index (χ1v) is 15.8. The third kappa shape index (κ3) is 9.79. The first-order chi connectivity index (χ1) is 18.5. The third-order valence-corrected chi connectivity index (χ3v) is 9.14. The van der Waals surface area contributed by atoms with Crippen molar-refractivity contribution in [3.8, 4) is 0 Å². The van der Waals surface area contributed by atoms with Gasteiger partial charge in [0.25, 0.3) is 0 Å². The average Bonchev–Trinajstić information content (AvgIpc) is 3.42. The molecule has 0 unspecified atom stereocenters. The minimum atomic E-state index is -0.190. The summed E-state index contributed by atoms with van der Waals surface area (Å²) in [6.45, 7) is 8.16. The largest absolute Gasteiger partial charge is 0.338 e. The van der Waals surface area contributed by atoms with Crippen LogP contribution in [0, 0.1) is 11.8 Å². The van der Waals surface area contributed by atoms with Crippen molar-refractivity contribution in [1.82, 2.24) is 15.1 Å². The van der Waals surface area contributed by atoms with Gasteiger partial charge in [0, 0.05) is 38.0 Å². The summed E-state index contributed by atoms with van der Waals surface area (Å²) >= 11 is 0. The topological polar surface area (TPSA) is 52.7 Å². The van der Waals surface area contributed by atoms with Crippen molar-refractivity contribution >= 4 is 11.7 Å². The summed E-state index contributed by atoms with van der Waals surface area (Å²) in [6, 6.07) is 10.9. The van der Waals surface area contributed by atoms with Gasteiger partial charge in [0.05, 0.1) is 6.04 Å². The van der Waals surface area contributed by atoms with Crippen LogP contribution in [0.4, 0.5) is 0 Å². The van der Waals surface area contributed by atoms with E-state index in [9.17, 15) is 9.59 Å². The summed E-state index contributed by atoms with van der Waals surface area (Å²) in [5.41, 5.74) is 1.39. The lowest BCUT2D eigenvalue weighted by Gasteiger charge is -2.36. The van der Waals surface area contributed by atoms with Gasteiger partial charge in [-0.3, -0.25) is 9.59 Å². The molecule has 1 aliphatic heterocycles. The number of carbonyl (C=O) groups excluding carboxylic acids is 2. The van der Waals surface area contributed by atoms with Crippen LogP contribution in [0.15, 0.2) is 30.3 Å². The van der Waals surface area contributed by atoms with Crippen molar-refractivity contribution in [2.24, 2.45) is 11.8 Å². The highest BCUT2D eigenvalue weighted by molar-refractivity contribution is 5.90. The molecular formula is C33H55N3O2. The van der Waals surface area contributed by atoms with Gasteiger partial charge >= 0.3 is 0 Å². The first kappa shape index (κ1) is 30.8. The van der Waals surface area contributed by atoms with Crippen molar-refractivity contribution in [2.45, 2.75) is 116 Å². The summed E-state index contributed by atoms with van der Waals surface area (Å²) in [7, 11) is 1.84. The number of nitrogens with one attached hydrogen (secondary N) is 1. The summed E-state index contributed by atoms with van der Waals surface area (Å²) in [5.74, 6) is 0.662. The predicted octanol–water partition coefficient (Wildman–Crippen LogP) is 6.26. The third-order valence-electron chi connectivity index (χ3n) is 9.14. The van der Waals surface area contributed by atoms with E-state index in [1.165, 1.54) is 56.9 Å². The Kier molecular flexibility index (Phi) is 13.8. The highest BCUT2D eigenvalue weighted by Crippen LogP contribution is 2.35. The van der Waals surface area contributed by atoms with Crippen LogP contribution < -0.4 is 5.32 Å². The molecule has 1 heterocycles. The normalized spacial score (nSPS) is 20.1. The molecule has 1 saturated carbocycles. The highest BCUT2D eigenvalue weighted by atomic mass is 16.2. The van der Waals surface area contributed by atoms with Crippen molar-refractivity contribution < 1.29 is 9.59 Å². The molecule has 1 aliphatic carbocycles. The molecule has 1 saturated heterocycles. The molecule has 1 aromatic carbocycles. The van der Waals surface area contributed by atoms with Gasteiger partial charge in [-0.1, -0.05) is 82.2 Å². The van der Waals surface area contributed by atoms with Crippen LogP contribution in [0.1, 0.15) is 103 Å². The van der Waals surface area contributed by atoms with E-state index in [0.29, 0.717) is 12.3 Å². The lowest BCUT2D eigenvalue weighted by molar-refractivity contribution is -0.142. The van der Waals surface area contributed by atoms with Gasteiger partial charge in [-0.15, -0.1) is 0 Å². The fourth-order valence-electron chi connectivity index (χ4n) is 6.54. The van der Waals surface area contributed by atoms with Gasteiger partial charge < -0.3 is 15.1 Å². The quantitative estimate of drug-likeness (QED) is 0.244. The second-order valence-corrected chi connectivity index (χ2v) is 12.0. The lowest BCUT2D eigenvalue weighted by atomic mass is 9.76. The number of rotatable bonds is 17. The van der Waals surface area contributed by atoms with E-state index in [-0.39, 0.29) is 29.7 Å². The summed E-state index contributed by atoms with van der Waals surface area (Å²) in [6.07, 6.45) is 15.9. The number of nitrogens with zero attached hydrogens (tertiary/aromatic N) is 2. The Morgan fingerprint density at radius 2 is 1.71 bits per heavy atom. The Hall–Kier alpha value is -1.72. The lowest BCUT2D eigenvalue weighted by Crippen LogP contribution is -2.48. The van der Waals surface area contributed by atoms with Gasteiger partial charge in [0.1, 0.15) is 5.78 Å². The number of likely N-dealkylation sites (tertiary alicyclic amines) is 1. The number of hydrogen-bond acceptors (Lipinski definition) is 4. The summed E-state index contributed by atoms with van der Waals surface area (Å²) < 4.78 is 0. The predicted molar refractivity (Wildman–Crippen MR) is 158 cm³/mol. The summed E-state index contributed by atoms with van der Waals surface area (Å²) in [5, 5.41) is 3.09. The van der Waals surface area contributed by atoms with Crippen molar-refractivity contribution in [1.29, 1.82) is 0 Å². The minimum absolute atomic E-state index is 0.147. The molecule has 3 rings (SSSR count). The Balaban J connectivity index is 1.67. The molecule has 1 N–H and O–H groups in total. The monoisotopic (exact) mass is 525 g/mol. The highest BCUT2D eigenvalue weighted by Gasteiger charge is 2.39. The van der Waals surface area contributed by atoms with Gasteiger partial charge in [-0.2, -0.15) is 0 Å². The van der Waals surface area contributed by atoms with Crippen LogP contribution in [0.25, 0.3) is 0 Å². The molecule has 0 aromatic heterocycles. The molecule has 0 bridgehead atoms. The van der Waals surface area contributed by atoms with Crippen LogP contribution in [-0.4, -0.2) is 66.8 Å². The molecule has 0 radical (unpaired) electrons. The fourth-order valence-corrected chi connectivity index (χ4v) is 6.54. The maximum atomic E-state index is 14.1. The van der Waals surface area contributed by atoms with Gasteiger partial charge in [0.15, 0.2) is 0 Å². The van der Waals surface area contributed by atoms with E-state index in [2.05, 4.69) is 52.4 Å². The maximum absolute atomic E-state index is 14.1. The number of ketones is 1. The van der Waals surface area contributed by atoms with E-state index < -0.39 is 0 Å². The second kappa shape index (κ2) is 17.1. The van der Waals surface area contributed by atoms with Crippen LogP contribution in [0.2, 0.25) is 0 Å². The molecule has 2 aliphatic rings. The van der Waals surface area contributed by atoms with E-state index in [0.717, 1.165) is 58.3 Å². The number of likely N-dealkylation sites (N-methyl/N-ethyl adjacent to an activating group) is 1. The number of carbonyl (C=O) groups is 2. The molecule has 3 atom stereocenters. The molecule has 5 heteroatoms. The average molecular weight is 526 g/mol. The van der Waals surface area contributed by atoms with Gasteiger partial charge in [-0.25, -0.2) is 0 Å². The Morgan fingerprint density at radius 3 is 2.42 bits per heavy atom. The zero-order valence-corrected chi connectivity index (χ0v) is 24.6. The first-order valence-electron chi connectivity index (χ1n) is 15.8. The number of hydrogen-bond donors (Lipinski definition) is 1. The van der Waals surface area contributed by atoms with Crippen molar-refractivity contribution in [3.05, 3.63) is 35.9 Å². The van der Waals surface area contributed by atoms with E-state index >= 15 is 0 Å². The van der Waals surface area contributed by atoms with Crippen molar-refractivity contribution in [2.75, 3.05) is 33.2 Å². The van der Waals surface area contributed by atoms with Crippen LogP contribution in [0.3, 0.4) is 0 Å². The van der Waals surface area contributed by atoms with Crippen LogP contribution >= 0.6 is 0 Å². The fraction of sp³-hybridized carbons (Fsp3) is 0.758. The Labute approximate surface area is 233 Å². The molecule has 214 valence electrons. The Bertz CT molecular complexity index is 808. The summed E-state index contributed by atoms with van der Waals surface area (Å²) in [4.78, 5) is 31.9. The zero-order valence-electron chi connectivity index (χ0n) is 24.6. The van der Waals surface area contributed by atoms with E-state index in [1.807, 2.05) is 14.0 Å². The molecule has 1 amide bonds. The Morgan fingerprint density at radius 1 is 0.974 bits per heavy atom. The zero-order chi connectivity index (χ0) is 27.2. The molecule has 0 spiro atoms. The standard InChI is InChI=1S/C33H55N3O2/c1-4-5-6-7-14-22-35(24-21-28-16-10-8-11-17-28)26-30-20-15-23-36(30)33(38)31(25-32(37)27(2)34-3)29-18-12-9-13-19-29/h8,10-11,16-17,27,29-31,34H,4-7,9,12-15,18-26H2,1-3H3/t27-,30-,31-/m0/s1. The SMILES string of the molecule is CCCCCCCN(CCc1ccccc1)C[C@@H]1CCCN1C(=O)[C@@H](CC(=O)[C@H](C)NC)C1CCCCC1. The molecule has 38 heavy (non-hydrogen) atoms. The van der Waals surface area contributed by atoms with Crippen LogP contribution in [0.5, 0.6) is 0 Å². The number of benzene rings is 1. The maximum Gasteiger partial charge on any atom is 0.226 e. The van der Waals surface area contributed by atoms with Crippen LogP contribution in [-0.2, 0) is 16.0 Å². The molecule has 1 aromatic rings. The molecule has 5 nitrogen and oxygen atoms in total. The number of amides is 1. The minimum Gasteiger partial charge on any atom is -0.338 e. The van der Waals surface area contributed by atoms with E-state index in [1.54, 1.807) is 0 Å². The number of unbranched alkanes of at least 4 members (excludes halogenated alkanes) is 4. The van der Waals surface area contributed by atoms with Gasteiger partial charge in [-0.05, 0) is 70.5 Å². The second-order valence-electron chi connectivity index (χ2n) is 12.0. The molecule has 2 fully saturated rings. The smallest absolute Gasteiger partial charge is 0.226 e. The van der Waals surface area contributed by atoms with Gasteiger partial charge in [0.2, 0.25) is 5.91 Å². The van der Waals surface area contributed by atoms with E-state index in [4.69, 9.17) is 0 Å². The molecular weight excluding hydrogens is 470 g/mol.